The van der Waals surface area contributed by atoms with Crippen molar-refractivity contribution in [1.82, 2.24) is 0 Å². The lowest BCUT2D eigenvalue weighted by Crippen LogP contribution is -1.75. The minimum atomic E-state index is -3.36. The summed E-state index contributed by atoms with van der Waals surface area (Å²) in [5.74, 6) is 0. The van der Waals surface area contributed by atoms with Crippen molar-refractivity contribution in [3.63, 3.8) is 0 Å². The van der Waals surface area contributed by atoms with E-state index in [9.17, 15) is 4.57 Å². The third-order valence-corrected chi connectivity index (χ3v) is 5.04. The SMILES string of the molecule is COOPP(=O)(O)POOC. The standard InChI is InChI=1S/C2H9O6P3/c1-5-7-9-11(3,4)10-8-6-2/h9-10H,1-2H3,(H,3,4). The van der Waals surface area contributed by atoms with Gasteiger partial charge in [0.1, 0.15) is 0 Å². The number of rotatable bonds is 6. The van der Waals surface area contributed by atoms with Gasteiger partial charge < -0.3 is 4.89 Å². The van der Waals surface area contributed by atoms with E-state index in [-0.39, 0.29) is 0 Å². The van der Waals surface area contributed by atoms with E-state index in [1.165, 1.54) is 14.2 Å². The van der Waals surface area contributed by atoms with Crippen LogP contribution in [0.4, 0.5) is 0 Å². The first kappa shape index (κ1) is 11.9. The van der Waals surface area contributed by atoms with Crippen molar-refractivity contribution in [3.05, 3.63) is 0 Å². The zero-order valence-electron chi connectivity index (χ0n) is 5.94. The van der Waals surface area contributed by atoms with Gasteiger partial charge in [0.15, 0.2) is 17.0 Å². The van der Waals surface area contributed by atoms with E-state index in [2.05, 4.69) is 19.1 Å². The summed E-state index contributed by atoms with van der Waals surface area (Å²) < 4.78 is 19.5. The first-order valence-corrected chi connectivity index (χ1v) is 7.55. The van der Waals surface area contributed by atoms with Gasteiger partial charge in [0.2, 0.25) is 0 Å². The fourth-order valence-corrected chi connectivity index (χ4v) is 2.75. The van der Waals surface area contributed by atoms with Crippen LogP contribution in [0.3, 0.4) is 0 Å². The lowest BCUT2D eigenvalue weighted by atomic mass is 11.8. The van der Waals surface area contributed by atoms with E-state index in [1.54, 1.807) is 0 Å². The molecule has 11 heavy (non-hydrogen) atoms. The van der Waals surface area contributed by atoms with Crippen LogP contribution in [0.2, 0.25) is 0 Å². The average Bonchev–Trinajstić information content (AvgIpc) is 1.97. The van der Waals surface area contributed by atoms with Gasteiger partial charge >= 0.3 is 0 Å². The Bertz CT molecular complexity index is 126. The summed E-state index contributed by atoms with van der Waals surface area (Å²) in [5.41, 5.74) is 0. The molecular weight excluding hydrogens is 213 g/mol. The molecule has 0 saturated carbocycles. The second-order valence-electron chi connectivity index (χ2n) is 1.26. The predicted octanol–water partition coefficient (Wildman–Crippen LogP) is 1.43. The van der Waals surface area contributed by atoms with Crippen LogP contribution in [0, 0.1) is 0 Å². The van der Waals surface area contributed by atoms with Gasteiger partial charge in [-0.3, -0.25) is 4.57 Å². The highest BCUT2D eigenvalue weighted by atomic mass is 32.5. The molecule has 0 fully saturated rings. The van der Waals surface area contributed by atoms with E-state index in [0.29, 0.717) is 0 Å². The third kappa shape index (κ3) is 7.26. The Morgan fingerprint density at radius 3 is 1.82 bits per heavy atom. The first-order valence-electron chi connectivity index (χ1n) is 2.39. The van der Waals surface area contributed by atoms with Crippen molar-refractivity contribution in [3.8, 4) is 0 Å². The molecule has 0 rings (SSSR count). The fourth-order valence-electron chi connectivity index (χ4n) is 0.194. The van der Waals surface area contributed by atoms with Crippen LogP contribution >= 0.6 is 23.7 Å². The van der Waals surface area contributed by atoms with E-state index in [0.717, 1.165) is 0 Å². The lowest BCUT2D eigenvalue weighted by Gasteiger charge is -2.07. The molecule has 0 aliphatic carbocycles. The predicted molar refractivity (Wildman–Crippen MR) is 42.6 cm³/mol. The highest BCUT2D eigenvalue weighted by molar-refractivity contribution is 8.50. The largest absolute Gasteiger partial charge is 0.336 e. The molecule has 9 heteroatoms. The molecule has 0 saturated heterocycles. The molecule has 0 radical (unpaired) electrons. The van der Waals surface area contributed by atoms with Gasteiger partial charge in [-0.15, -0.1) is 0 Å². The Morgan fingerprint density at radius 2 is 1.55 bits per heavy atom. The summed E-state index contributed by atoms with van der Waals surface area (Å²) in [4.78, 5) is 17.2. The second-order valence-corrected chi connectivity index (χ2v) is 9.18. The summed E-state index contributed by atoms with van der Waals surface area (Å²) in [6.45, 7) is -3.36. The summed E-state index contributed by atoms with van der Waals surface area (Å²) >= 11 is 0. The molecule has 0 amide bonds. The maximum Gasteiger partial charge on any atom is 0.292 e. The Hall–Kier alpha value is 0.890. The van der Waals surface area contributed by atoms with Crippen molar-refractivity contribution in [2.75, 3.05) is 14.2 Å². The maximum absolute atomic E-state index is 10.9. The molecule has 1 N–H and O–H groups in total. The van der Waals surface area contributed by atoms with Crippen LogP contribution in [-0.4, -0.2) is 19.1 Å². The molecule has 0 aromatic carbocycles. The lowest BCUT2D eigenvalue weighted by molar-refractivity contribution is -0.165. The van der Waals surface area contributed by atoms with Gasteiger partial charge in [-0.2, -0.15) is 0 Å². The molecule has 68 valence electrons. The third-order valence-electron chi connectivity index (χ3n) is 0.489. The Kier molecular flexibility index (Phi) is 6.93. The molecule has 0 heterocycles. The van der Waals surface area contributed by atoms with Crippen molar-refractivity contribution in [2.24, 2.45) is 0 Å². The first-order chi connectivity index (χ1) is 5.12. The zero-order chi connectivity index (χ0) is 8.74. The summed E-state index contributed by atoms with van der Waals surface area (Å²) in [7, 11) is 1.24. The van der Waals surface area contributed by atoms with Crippen molar-refractivity contribution in [1.29, 1.82) is 0 Å². The summed E-state index contributed by atoms with van der Waals surface area (Å²) in [6, 6.07) is 0. The van der Waals surface area contributed by atoms with Gasteiger partial charge in [-0.05, 0) is 0 Å². The summed E-state index contributed by atoms with van der Waals surface area (Å²) in [5, 5.41) is 0. The average molecular weight is 222 g/mol. The highest BCUT2D eigenvalue weighted by Crippen LogP contribution is 2.74. The van der Waals surface area contributed by atoms with E-state index >= 15 is 0 Å². The smallest absolute Gasteiger partial charge is 0.292 e. The molecule has 0 bridgehead atoms. The van der Waals surface area contributed by atoms with Gasteiger partial charge in [-0.1, -0.05) is 0 Å². The van der Waals surface area contributed by atoms with Crippen molar-refractivity contribution >= 4 is 23.7 Å². The molecule has 0 aliphatic heterocycles. The van der Waals surface area contributed by atoms with Gasteiger partial charge in [0, 0.05) is 0 Å². The van der Waals surface area contributed by atoms with Crippen LogP contribution < -0.4 is 0 Å². The fraction of sp³-hybridized carbons (Fsp3) is 1.00. The van der Waals surface area contributed by atoms with Gasteiger partial charge in [0.05, 0.1) is 14.2 Å². The van der Waals surface area contributed by atoms with E-state index < -0.39 is 23.7 Å². The zero-order valence-corrected chi connectivity index (χ0v) is 8.83. The number of hydrogen-bond donors (Lipinski definition) is 1. The minimum Gasteiger partial charge on any atom is -0.336 e. The molecule has 2 atom stereocenters. The van der Waals surface area contributed by atoms with Crippen LogP contribution in [0.5, 0.6) is 0 Å². The molecule has 0 aliphatic rings. The Labute approximate surface area is 67.4 Å². The normalized spacial score (nSPS) is 18.5. The van der Waals surface area contributed by atoms with Crippen LogP contribution in [0.25, 0.3) is 0 Å². The molecule has 0 aromatic rings. The minimum absolute atomic E-state index is 0.635. The molecule has 0 aromatic heterocycles. The maximum atomic E-state index is 10.9. The van der Waals surface area contributed by atoms with Crippen LogP contribution in [0.15, 0.2) is 0 Å². The number of hydrogen-bond acceptors (Lipinski definition) is 5. The second kappa shape index (κ2) is 6.41. The Balaban J connectivity index is 3.53. The van der Waals surface area contributed by atoms with Crippen LogP contribution in [-0.2, 0) is 23.7 Å². The monoisotopic (exact) mass is 222 g/mol. The Morgan fingerprint density at radius 1 is 1.18 bits per heavy atom. The molecule has 6 nitrogen and oxygen atoms in total. The molecule has 0 spiro atoms. The van der Waals surface area contributed by atoms with Gasteiger partial charge in [0.25, 0.3) is 6.75 Å². The van der Waals surface area contributed by atoms with Crippen molar-refractivity contribution in [2.45, 2.75) is 0 Å². The van der Waals surface area contributed by atoms with E-state index in [4.69, 9.17) is 4.89 Å². The highest BCUT2D eigenvalue weighted by Gasteiger charge is 2.21. The van der Waals surface area contributed by atoms with Crippen molar-refractivity contribution < 1.29 is 28.6 Å². The van der Waals surface area contributed by atoms with E-state index in [1.807, 2.05) is 0 Å². The topological polar surface area (TPSA) is 74.2 Å². The quantitative estimate of drug-likeness (QED) is 0.416. The van der Waals surface area contributed by atoms with Gasteiger partial charge in [-0.25, -0.2) is 19.1 Å². The molecule has 2 unspecified atom stereocenters. The molecular formula is C2H9O6P3. The summed E-state index contributed by atoms with van der Waals surface area (Å²) in [6.07, 6.45) is 0. The van der Waals surface area contributed by atoms with Crippen LogP contribution in [0.1, 0.15) is 0 Å².